The van der Waals surface area contributed by atoms with Crippen molar-refractivity contribution >= 4 is 0 Å². The highest BCUT2D eigenvalue weighted by Crippen LogP contribution is 2.30. The number of ether oxygens (including phenoxy) is 1. The lowest BCUT2D eigenvalue weighted by atomic mass is 10.0. The van der Waals surface area contributed by atoms with Gasteiger partial charge in [0.2, 0.25) is 0 Å². The van der Waals surface area contributed by atoms with E-state index in [4.69, 9.17) is 4.74 Å². The van der Waals surface area contributed by atoms with Crippen molar-refractivity contribution in [3.05, 3.63) is 45.7 Å². The predicted octanol–water partition coefficient (Wildman–Crippen LogP) is 3.19. The highest BCUT2D eigenvalue weighted by Gasteiger charge is 2.22. The van der Waals surface area contributed by atoms with Gasteiger partial charge in [-0.3, -0.25) is 4.79 Å². The first kappa shape index (κ1) is 18.2. The minimum absolute atomic E-state index is 0.0507. The van der Waals surface area contributed by atoms with Crippen LogP contribution in [-0.4, -0.2) is 40.4 Å². The number of rotatable bonds is 6. The Balaban J connectivity index is 1.45. The summed E-state index contributed by atoms with van der Waals surface area (Å²) in [7, 11) is 1.74. The number of nitrogens with zero attached hydrogens (tertiary/aromatic N) is 3. The van der Waals surface area contributed by atoms with Gasteiger partial charge in [-0.15, -0.1) is 0 Å². The Kier molecular flexibility index (Phi) is 5.30. The van der Waals surface area contributed by atoms with E-state index < -0.39 is 0 Å². The SMILES string of the molecule is C[C@@H]1CCCN1CCCOc1cccc(-c2nn(C)c(=O)c3c2CCC3)c1. The fourth-order valence-electron chi connectivity index (χ4n) is 4.44. The van der Waals surface area contributed by atoms with Gasteiger partial charge in [0.1, 0.15) is 5.75 Å². The van der Waals surface area contributed by atoms with E-state index in [1.165, 1.54) is 24.1 Å². The maximum atomic E-state index is 12.3. The van der Waals surface area contributed by atoms with Crippen molar-refractivity contribution in [2.75, 3.05) is 19.7 Å². The molecule has 4 rings (SSSR count). The Morgan fingerprint density at radius 2 is 2.07 bits per heavy atom. The van der Waals surface area contributed by atoms with Crippen molar-refractivity contribution in [2.45, 2.75) is 51.5 Å². The quantitative estimate of drug-likeness (QED) is 0.736. The number of benzene rings is 1. The average molecular weight is 367 g/mol. The molecule has 0 unspecified atom stereocenters. The Morgan fingerprint density at radius 1 is 1.22 bits per heavy atom. The van der Waals surface area contributed by atoms with Crippen molar-refractivity contribution in [3.8, 4) is 17.0 Å². The summed E-state index contributed by atoms with van der Waals surface area (Å²) in [4.78, 5) is 14.8. The monoisotopic (exact) mass is 367 g/mol. The van der Waals surface area contributed by atoms with Crippen LogP contribution in [0.3, 0.4) is 0 Å². The van der Waals surface area contributed by atoms with Crippen LogP contribution in [0.2, 0.25) is 0 Å². The molecule has 1 aliphatic heterocycles. The molecule has 0 spiro atoms. The molecule has 2 heterocycles. The number of fused-ring (bicyclic) bond motifs is 1. The number of aryl methyl sites for hydroxylation is 1. The van der Waals surface area contributed by atoms with Gasteiger partial charge in [0, 0.05) is 30.8 Å². The molecule has 1 atom stereocenters. The fourth-order valence-corrected chi connectivity index (χ4v) is 4.44. The van der Waals surface area contributed by atoms with Gasteiger partial charge < -0.3 is 9.64 Å². The summed E-state index contributed by atoms with van der Waals surface area (Å²) in [5.41, 5.74) is 4.08. The lowest BCUT2D eigenvalue weighted by molar-refractivity contribution is 0.230. The summed E-state index contributed by atoms with van der Waals surface area (Å²) in [6.07, 6.45) is 6.52. The Hall–Kier alpha value is -2.14. The highest BCUT2D eigenvalue weighted by molar-refractivity contribution is 5.66. The van der Waals surface area contributed by atoms with E-state index in [0.29, 0.717) is 6.04 Å². The van der Waals surface area contributed by atoms with E-state index >= 15 is 0 Å². The highest BCUT2D eigenvalue weighted by atomic mass is 16.5. The molecule has 0 bridgehead atoms. The van der Waals surface area contributed by atoms with Crippen molar-refractivity contribution in [1.82, 2.24) is 14.7 Å². The van der Waals surface area contributed by atoms with Gasteiger partial charge in [-0.05, 0) is 69.7 Å². The zero-order valence-corrected chi connectivity index (χ0v) is 16.4. The molecule has 5 heteroatoms. The lowest BCUT2D eigenvalue weighted by Gasteiger charge is -2.20. The largest absolute Gasteiger partial charge is 0.494 e. The molecule has 1 aromatic carbocycles. The first-order valence-electron chi connectivity index (χ1n) is 10.2. The number of aromatic nitrogens is 2. The lowest BCUT2D eigenvalue weighted by Crippen LogP contribution is -2.28. The van der Waals surface area contributed by atoms with Crippen molar-refractivity contribution in [3.63, 3.8) is 0 Å². The van der Waals surface area contributed by atoms with E-state index in [-0.39, 0.29) is 5.56 Å². The number of hydrogen-bond donors (Lipinski definition) is 0. The van der Waals surface area contributed by atoms with Crippen LogP contribution in [-0.2, 0) is 19.9 Å². The van der Waals surface area contributed by atoms with Crippen molar-refractivity contribution < 1.29 is 4.74 Å². The van der Waals surface area contributed by atoms with Crippen molar-refractivity contribution in [1.29, 1.82) is 0 Å². The Morgan fingerprint density at radius 3 is 2.89 bits per heavy atom. The average Bonchev–Trinajstić information content (AvgIpc) is 3.31. The second-order valence-electron chi connectivity index (χ2n) is 7.85. The molecule has 144 valence electrons. The molecular weight excluding hydrogens is 338 g/mol. The molecule has 0 N–H and O–H groups in total. The standard InChI is InChI=1S/C22H29N3O2/c1-16-7-5-12-25(16)13-6-14-27-18-9-3-8-17(15-18)21-19-10-4-11-20(19)22(26)24(2)23-21/h3,8-9,15-16H,4-7,10-14H2,1-2H3/t16-/m1/s1. The van der Waals surface area contributed by atoms with E-state index in [1.807, 2.05) is 12.1 Å². The number of hydrogen-bond acceptors (Lipinski definition) is 4. The van der Waals surface area contributed by atoms with Crippen LogP contribution in [0.1, 0.15) is 43.7 Å². The normalized spacial score (nSPS) is 19.4. The van der Waals surface area contributed by atoms with Crippen LogP contribution >= 0.6 is 0 Å². The first-order chi connectivity index (χ1) is 13.1. The molecule has 0 amide bonds. The van der Waals surface area contributed by atoms with Crippen LogP contribution in [0.4, 0.5) is 0 Å². The summed E-state index contributed by atoms with van der Waals surface area (Å²) < 4.78 is 7.49. The first-order valence-corrected chi connectivity index (χ1v) is 10.2. The van der Waals surface area contributed by atoms with Gasteiger partial charge >= 0.3 is 0 Å². The van der Waals surface area contributed by atoms with E-state index in [2.05, 4.69) is 29.1 Å². The van der Waals surface area contributed by atoms with Gasteiger partial charge in [-0.1, -0.05) is 12.1 Å². The van der Waals surface area contributed by atoms with Gasteiger partial charge in [-0.25, -0.2) is 4.68 Å². The molecular formula is C22H29N3O2. The minimum atomic E-state index is 0.0507. The van der Waals surface area contributed by atoms with Gasteiger partial charge in [-0.2, -0.15) is 5.10 Å². The van der Waals surface area contributed by atoms with Gasteiger partial charge in [0.15, 0.2) is 0 Å². The summed E-state index contributed by atoms with van der Waals surface area (Å²) >= 11 is 0. The molecule has 0 radical (unpaired) electrons. The topological polar surface area (TPSA) is 47.4 Å². The molecule has 27 heavy (non-hydrogen) atoms. The second kappa shape index (κ2) is 7.85. The third kappa shape index (κ3) is 3.79. The zero-order chi connectivity index (χ0) is 18.8. The third-order valence-electron chi connectivity index (χ3n) is 5.96. The van der Waals surface area contributed by atoms with Crippen LogP contribution in [0.15, 0.2) is 29.1 Å². The third-order valence-corrected chi connectivity index (χ3v) is 5.96. The molecule has 1 saturated heterocycles. The molecule has 2 aliphatic rings. The van der Waals surface area contributed by atoms with E-state index in [9.17, 15) is 4.79 Å². The maximum Gasteiger partial charge on any atom is 0.269 e. The summed E-state index contributed by atoms with van der Waals surface area (Å²) in [5, 5.41) is 4.55. The van der Waals surface area contributed by atoms with Gasteiger partial charge in [0.05, 0.1) is 12.3 Å². The molecule has 0 saturated carbocycles. The van der Waals surface area contributed by atoms with E-state index in [0.717, 1.165) is 67.0 Å². The predicted molar refractivity (Wildman–Crippen MR) is 107 cm³/mol. The fraction of sp³-hybridized carbons (Fsp3) is 0.545. The smallest absolute Gasteiger partial charge is 0.269 e. The van der Waals surface area contributed by atoms with Crippen LogP contribution in [0, 0.1) is 0 Å². The molecule has 1 aliphatic carbocycles. The van der Waals surface area contributed by atoms with Crippen LogP contribution in [0.5, 0.6) is 5.75 Å². The van der Waals surface area contributed by atoms with Crippen LogP contribution in [0.25, 0.3) is 11.3 Å². The molecule has 1 aromatic heterocycles. The Bertz CT molecular complexity index is 874. The maximum absolute atomic E-state index is 12.3. The molecule has 5 nitrogen and oxygen atoms in total. The number of likely N-dealkylation sites (tertiary alicyclic amines) is 1. The second-order valence-corrected chi connectivity index (χ2v) is 7.85. The summed E-state index contributed by atoms with van der Waals surface area (Å²) in [5.74, 6) is 0.879. The van der Waals surface area contributed by atoms with Crippen molar-refractivity contribution in [2.24, 2.45) is 7.05 Å². The van der Waals surface area contributed by atoms with E-state index in [1.54, 1.807) is 7.05 Å². The minimum Gasteiger partial charge on any atom is -0.494 e. The Labute approximate surface area is 161 Å². The summed E-state index contributed by atoms with van der Waals surface area (Å²) in [6.45, 7) is 5.37. The molecule has 1 fully saturated rings. The summed E-state index contributed by atoms with van der Waals surface area (Å²) in [6, 6.07) is 8.85. The van der Waals surface area contributed by atoms with Gasteiger partial charge in [0.25, 0.3) is 5.56 Å². The van der Waals surface area contributed by atoms with Crippen LogP contribution < -0.4 is 10.3 Å². The molecule has 2 aromatic rings. The zero-order valence-electron chi connectivity index (χ0n) is 16.4.